The summed E-state index contributed by atoms with van der Waals surface area (Å²) in [6.07, 6.45) is 1.04. The average molecular weight is 374 g/mol. The number of rotatable bonds is 5. The quantitative estimate of drug-likeness (QED) is 0.807. The van der Waals surface area contributed by atoms with Crippen LogP contribution in [0.3, 0.4) is 0 Å². The van der Waals surface area contributed by atoms with Gasteiger partial charge >= 0.3 is 0 Å². The lowest BCUT2D eigenvalue weighted by Gasteiger charge is -2.18. The van der Waals surface area contributed by atoms with E-state index in [2.05, 4.69) is 0 Å². The topological polar surface area (TPSA) is 71.5 Å². The highest BCUT2D eigenvalue weighted by Gasteiger charge is 2.22. The molecule has 124 valence electrons. The molecule has 0 saturated carbocycles. The zero-order valence-electron chi connectivity index (χ0n) is 12.6. The summed E-state index contributed by atoms with van der Waals surface area (Å²) in [7, 11) is -5.85. The summed E-state index contributed by atoms with van der Waals surface area (Å²) >= 11 is 5.90. The van der Waals surface area contributed by atoms with Crippen molar-refractivity contribution in [3.63, 3.8) is 0 Å². The summed E-state index contributed by atoms with van der Waals surface area (Å²) in [5, 5.41) is 0.521. The number of nitrogens with zero attached hydrogens (tertiary/aromatic N) is 1. The minimum Gasteiger partial charge on any atom is -0.224 e. The van der Waals surface area contributed by atoms with Gasteiger partial charge in [-0.1, -0.05) is 29.8 Å². The molecule has 0 unspecified atom stereocenters. The van der Waals surface area contributed by atoms with Crippen molar-refractivity contribution in [2.75, 3.05) is 13.3 Å². The monoisotopic (exact) mass is 373 g/mol. The lowest BCUT2D eigenvalue weighted by Crippen LogP contribution is -2.26. The van der Waals surface area contributed by atoms with Gasteiger partial charge in [-0.05, 0) is 35.9 Å². The Labute approximate surface area is 141 Å². The van der Waals surface area contributed by atoms with E-state index in [0.29, 0.717) is 5.02 Å². The normalized spacial score (nSPS) is 12.5. The Balaban J connectivity index is 2.34. The molecule has 0 saturated heterocycles. The standard InChI is InChI=1S/C15H16ClNO4S2/c1-17(11-12-5-3-6-13(16)9-12)23(20,21)15-8-4-7-14(10-15)22(2,18)19/h3-10H,11H2,1-2H3. The van der Waals surface area contributed by atoms with Crippen molar-refractivity contribution in [2.45, 2.75) is 16.3 Å². The van der Waals surface area contributed by atoms with E-state index in [-0.39, 0.29) is 16.3 Å². The first kappa shape index (κ1) is 17.9. The van der Waals surface area contributed by atoms with Crippen LogP contribution in [0.1, 0.15) is 5.56 Å². The van der Waals surface area contributed by atoms with Crippen LogP contribution in [0.4, 0.5) is 0 Å². The highest BCUT2D eigenvalue weighted by atomic mass is 35.5. The third-order valence-corrected chi connectivity index (χ3v) is 6.38. The second-order valence-corrected chi connectivity index (χ2v) is 9.64. The maximum atomic E-state index is 12.6. The van der Waals surface area contributed by atoms with Gasteiger partial charge in [-0.25, -0.2) is 16.8 Å². The van der Waals surface area contributed by atoms with E-state index in [1.54, 1.807) is 24.3 Å². The minimum absolute atomic E-state index is 0.0327. The Hall–Kier alpha value is -1.41. The molecule has 0 aromatic heterocycles. The van der Waals surface area contributed by atoms with Crippen LogP contribution in [-0.4, -0.2) is 34.4 Å². The molecule has 0 bridgehead atoms. The molecular weight excluding hydrogens is 358 g/mol. The van der Waals surface area contributed by atoms with Gasteiger partial charge in [0.25, 0.3) is 0 Å². The molecule has 0 heterocycles. The first-order valence-electron chi connectivity index (χ1n) is 6.61. The highest BCUT2D eigenvalue weighted by Crippen LogP contribution is 2.21. The first-order valence-corrected chi connectivity index (χ1v) is 10.3. The molecule has 8 heteroatoms. The van der Waals surface area contributed by atoms with Crippen molar-refractivity contribution < 1.29 is 16.8 Å². The lowest BCUT2D eigenvalue weighted by molar-refractivity contribution is 0.466. The Kier molecular flexibility index (Phi) is 5.15. The molecule has 0 spiro atoms. The molecule has 2 aromatic carbocycles. The second-order valence-electron chi connectivity index (χ2n) is 5.14. The van der Waals surface area contributed by atoms with Gasteiger partial charge in [0, 0.05) is 24.9 Å². The van der Waals surface area contributed by atoms with E-state index >= 15 is 0 Å². The molecule has 0 N–H and O–H groups in total. The van der Waals surface area contributed by atoms with E-state index in [4.69, 9.17) is 11.6 Å². The number of halogens is 1. The maximum absolute atomic E-state index is 12.6. The highest BCUT2D eigenvalue weighted by molar-refractivity contribution is 7.91. The largest absolute Gasteiger partial charge is 0.243 e. The third-order valence-electron chi connectivity index (χ3n) is 3.24. The molecule has 0 atom stereocenters. The van der Waals surface area contributed by atoms with E-state index in [0.717, 1.165) is 16.1 Å². The van der Waals surface area contributed by atoms with Crippen molar-refractivity contribution >= 4 is 31.5 Å². The zero-order valence-corrected chi connectivity index (χ0v) is 15.0. The Morgan fingerprint density at radius 2 is 1.57 bits per heavy atom. The molecule has 23 heavy (non-hydrogen) atoms. The van der Waals surface area contributed by atoms with Crippen LogP contribution in [0.25, 0.3) is 0 Å². The van der Waals surface area contributed by atoms with E-state index in [1.807, 2.05) is 0 Å². The molecule has 0 radical (unpaired) electrons. The van der Waals surface area contributed by atoms with Gasteiger partial charge in [0.2, 0.25) is 10.0 Å². The first-order chi connectivity index (χ1) is 10.6. The van der Waals surface area contributed by atoms with Crippen LogP contribution in [0, 0.1) is 0 Å². The summed E-state index contributed by atoms with van der Waals surface area (Å²) in [5.41, 5.74) is 0.739. The minimum atomic E-state index is -3.81. The van der Waals surface area contributed by atoms with Gasteiger partial charge in [0.05, 0.1) is 9.79 Å². The predicted octanol–water partition coefficient (Wildman–Crippen LogP) is 2.56. The summed E-state index contributed by atoms with van der Waals surface area (Å²) in [6, 6.07) is 12.2. The van der Waals surface area contributed by atoms with Gasteiger partial charge in [-0.2, -0.15) is 4.31 Å². The van der Waals surface area contributed by atoms with Crippen molar-refractivity contribution in [1.82, 2.24) is 4.31 Å². The van der Waals surface area contributed by atoms with Gasteiger partial charge in [-0.15, -0.1) is 0 Å². The third kappa shape index (κ3) is 4.32. The Morgan fingerprint density at radius 1 is 0.957 bits per heavy atom. The van der Waals surface area contributed by atoms with Crippen LogP contribution < -0.4 is 0 Å². The van der Waals surface area contributed by atoms with Gasteiger partial charge < -0.3 is 0 Å². The SMILES string of the molecule is CN(Cc1cccc(Cl)c1)S(=O)(=O)c1cccc(S(C)(=O)=O)c1. The van der Waals surface area contributed by atoms with Gasteiger partial charge in [0.15, 0.2) is 9.84 Å². The van der Waals surface area contributed by atoms with Crippen molar-refractivity contribution in [3.8, 4) is 0 Å². The number of sulfonamides is 1. The van der Waals surface area contributed by atoms with Crippen LogP contribution in [0.2, 0.25) is 5.02 Å². The van der Waals surface area contributed by atoms with Crippen LogP contribution in [-0.2, 0) is 26.4 Å². The maximum Gasteiger partial charge on any atom is 0.243 e. The van der Waals surface area contributed by atoms with Crippen molar-refractivity contribution in [3.05, 3.63) is 59.1 Å². The lowest BCUT2D eigenvalue weighted by atomic mass is 10.2. The molecule has 2 aromatic rings. The van der Waals surface area contributed by atoms with E-state index in [9.17, 15) is 16.8 Å². The van der Waals surface area contributed by atoms with E-state index < -0.39 is 19.9 Å². The fraction of sp³-hybridized carbons (Fsp3) is 0.200. The molecule has 0 aliphatic rings. The van der Waals surface area contributed by atoms with E-state index in [1.165, 1.54) is 31.3 Å². The molecule has 5 nitrogen and oxygen atoms in total. The summed E-state index contributed by atoms with van der Waals surface area (Å²) < 4.78 is 49.5. The van der Waals surface area contributed by atoms with Crippen molar-refractivity contribution in [2.24, 2.45) is 0 Å². The molecule has 0 fully saturated rings. The van der Waals surface area contributed by atoms with Crippen LogP contribution in [0.15, 0.2) is 58.3 Å². The second kappa shape index (κ2) is 6.60. The van der Waals surface area contributed by atoms with Crippen molar-refractivity contribution in [1.29, 1.82) is 0 Å². The smallest absolute Gasteiger partial charge is 0.224 e. The number of hydrogen-bond acceptors (Lipinski definition) is 4. The molecule has 2 rings (SSSR count). The molecule has 0 amide bonds. The molecule has 0 aliphatic heterocycles. The zero-order chi connectivity index (χ0) is 17.3. The number of benzene rings is 2. The summed E-state index contributed by atoms with van der Waals surface area (Å²) in [6.45, 7) is 0.131. The summed E-state index contributed by atoms with van der Waals surface area (Å²) in [5.74, 6) is 0. The fourth-order valence-corrected chi connectivity index (χ4v) is 4.18. The van der Waals surface area contributed by atoms with Gasteiger partial charge in [0.1, 0.15) is 0 Å². The Bertz CT molecular complexity index is 924. The number of hydrogen-bond donors (Lipinski definition) is 0. The predicted molar refractivity (Wildman–Crippen MR) is 89.7 cm³/mol. The molecular formula is C15H16ClNO4S2. The van der Waals surface area contributed by atoms with Gasteiger partial charge in [-0.3, -0.25) is 0 Å². The average Bonchev–Trinajstić information content (AvgIpc) is 2.46. The fourth-order valence-electron chi connectivity index (χ4n) is 2.02. The number of sulfone groups is 1. The Morgan fingerprint density at radius 3 is 2.17 bits per heavy atom. The molecule has 0 aliphatic carbocycles. The summed E-state index contributed by atoms with van der Waals surface area (Å²) in [4.78, 5) is -0.0975. The van der Waals surface area contributed by atoms with Crippen LogP contribution >= 0.6 is 11.6 Å². The van der Waals surface area contributed by atoms with Crippen LogP contribution in [0.5, 0.6) is 0 Å².